The average molecular weight is 375 g/mol. The number of carbonyl (C=O) groups excluding carboxylic acids is 1. The summed E-state index contributed by atoms with van der Waals surface area (Å²) < 4.78 is 23.6. The zero-order valence-electron chi connectivity index (χ0n) is 14.3. The number of carbonyl (C=O) groups is 1. The van der Waals surface area contributed by atoms with E-state index in [2.05, 4.69) is 6.92 Å². The molecule has 0 aliphatic carbocycles. The first-order chi connectivity index (χ1) is 10.9. The minimum absolute atomic E-state index is 0. The van der Waals surface area contributed by atoms with Gasteiger partial charge in [-0.1, -0.05) is 26.0 Å². The minimum Gasteiger partial charge on any atom is -0.338 e. The number of sulfone groups is 1. The topological polar surface area (TPSA) is 80.5 Å². The van der Waals surface area contributed by atoms with Gasteiger partial charge in [0.1, 0.15) is 0 Å². The van der Waals surface area contributed by atoms with Crippen LogP contribution in [0, 0.1) is 5.92 Å². The minimum atomic E-state index is -3.19. The zero-order valence-corrected chi connectivity index (χ0v) is 15.9. The van der Waals surface area contributed by atoms with Crippen LogP contribution < -0.4 is 5.73 Å². The molecule has 1 aromatic carbocycles. The Morgan fingerprint density at radius 2 is 1.92 bits per heavy atom. The maximum absolute atomic E-state index is 12.5. The number of halogens is 1. The average Bonchev–Trinajstić information content (AvgIpc) is 2.55. The first kappa shape index (κ1) is 20.9. The number of likely N-dealkylation sites (tertiary alicyclic amines) is 1. The van der Waals surface area contributed by atoms with E-state index in [-0.39, 0.29) is 36.5 Å². The molecule has 2 unspecified atom stereocenters. The van der Waals surface area contributed by atoms with Crippen LogP contribution in [0.1, 0.15) is 32.3 Å². The van der Waals surface area contributed by atoms with Gasteiger partial charge in [-0.25, -0.2) is 8.42 Å². The highest BCUT2D eigenvalue weighted by atomic mass is 35.5. The molecule has 1 fully saturated rings. The SMILES string of the molecule is CCS(=O)(=O)c1ccc(CC(=O)N2CCC(C)CC2CN)cc1.Cl. The van der Waals surface area contributed by atoms with Crippen molar-refractivity contribution in [1.82, 2.24) is 4.90 Å². The number of nitrogens with zero attached hydrogens (tertiary/aromatic N) is 1. The molecule has 24 heavy (non-hydrogen) atoms. The predicted octanol–water partition coefficient (Wildman–Crippen LogP) is 2.03. The molecular formula is C17H27ClN2O3S. The summed E-state index contributed by atoms with van der Waals surface area (Å²) in [7, 11) is -3.19. The number of nitrogens with two attached hydrogens (primary N) is 1. The fraction of sp³-hybridized carbons (Fsp3) is 0.588. The Morgan fingerprint density at radius 3 is 2.46 bits per heavy atom. The monoisotopic (exact) mass is 374 g/mol. The van der Waals surface area contributed by atoms with Gasteiger partial charge in [-0.3, -0.25) is 4.79 Å². The van der Waals surface area contributed by atoms with E-state index < -0.39 is 9.84 Å². The smallest absolute Gasteiger partial charge is 0.227 e. The molecule has 2 atom stereocenters. The van der Waals surface area contributed by atoms with Crippen LogP contribution in [-0.4, -0.2) is 44.1 Å². The quantitative estimate of drug-likeness (QED) is 0.855. The van der Waals surface area contributed by atoms with Gasteiger partial charge < -0.3 is 10.6 Å². The number of amides is 1. The van der Waals surface area contributed by atoms with Gasteiger partial charge in [-0.15, -0.1) is 12.4 Å². The van der Waals surface area contributed by atoms with Crippen molar-refractivity contribution in [1.29, 1.82) is 0 Å². The molecule has 0 radical (unpaired) electrons. The van der Waals surface area contributed by atoms with E-state index in [0.717, 1.165) is 24.9 Å². The van der Waals surface area contributed by atoms with Crippen LogP contribution in [0.4, 0.5) is 0 Å². The van der Waals surface area contributed by atoms with Gasteiger partial charge in [0.15, 0.2) is 9.84 Å². The molecule has 2 N–H and O–H groups in total. The van der Waals surface area contributed by atoms with Gasteiger partial charge in [0, 0.05) is 19.1 Å². The Morgan fingerprint density at radius 1 is 1.29 bits per heavy atom. The van der Waals surface area contributed by atoms with Crippen molar-refractivity contribution in [3.63, 3.8) is 0 Å². The standard InChI is InChI=1S/C17H26N2O3S.ClH/c1-3-23(21,22)16-6-4-14(5-7-16)11-17(20)19-9-8-13(2)10-15(19)12-18;/h4-7,13,15H,3,8-12,18H2,1-2H3;1H. The van der Waals surface area contributed by atoms with Crippen LogP contribution in [-0.2, 0) is 21.1 Å². The van der Waals surface area contributed by atoms with Crippen LogP contribution in [0.5, 0.6) is 0 Å². The van der Waals surface area contributed by atoms with Crippen molar-refractivity contribution >= 4 is 28.2 Å². The van der Waals surface area contributed by atoms with E-state index in [9.17, 15) is 13.2 Å². The Bertz CT molecular complexity index is 646. The van der Waals surface area contributed by atoms with Crippen LogP contribution in [0.2, 0.25) is 0 Å². The number of hydrogen-bond donors (Lipinski definition) is 1. The molecule has 0 bridgehead atoms. The lowest BCUT2D eigenvalue weighted by Crippen LogP contribution is -2.49. The summed E-state index contributed by atoms with van der Waals surface area (Å²) in [5.74, 6) is 0.750. The summed E-state index contributed by atoms with van der Waals surface area (Å²) in [5, 5.41) is 0. The van der Waals surface area contributed by atoms with E-state index in [1.54, 1.807) is 31.2 Å². The van der Waals surface area contributed by atoms with Gasteiger partial charge in [0.05, 0.1) is 17.1 Å². The molecule has 1 aliphatic rings. The summed E-state index contributed by atoms with van der Waals surface area (Å²) >= 11 is 0. The van der Waals surface area contributed by atoms with Crippen molar-refractivity contribution in [3.05, 3.63) is 29.8 Å². The van der Waals surface area contributed by atoms with Crippen molar-refractivity contribution in [3.8, 4) is 0 Å². The van der Waals surface area contributed by atoms with Crippen molar-refractivity contribution < 1.29 is 13.2 Å². The summed E-state index contributed by atoms with van der Waals surface area (Å²) in [4.78, 5) is 14.7. The molecule has 7 heteroatoms. The molecule has 0 aromatic heterocycles. The summed E-state index contributed by atoms with van der Waals surface area (Å²) in [6.45, 7) is 5.06. The van der Waals surface area contributed by atoms with Crippen molar-refractivity contribution in [2.75, 3.05) is 18.8 Å². The maximum Gasteiger partial charge on any atom is 0.227 e. The molecule has 5 nitrogen and oxygen atoms in total. The second-order valence-electron chi connectivity index (χ2n) is 6.33. The lowest BCUT2D eigenvalue weighted by Gasteiger charge is -2.38. The third-order valence-corrected chi connectivity index (χ3v) is 6.34. The number of benzene rings is 1. The van der Waals surface area contributed by atoms with E-state index in [4.69, 9.17) is 5.73 Å². The fourth-order valence-electron chi connectivity index (χ4n) is 3.06. The Labute approximate surface area is 150 Å². The number of hydrogen-bond acceptors (Lipinski definition) is 4. The van der Waals surface area contributed by atoms with E-state index in [1.807, 2.05) is 4.90 Å². The molecule has 0 spiro atoms. The summed E-state index contributed by atoms with van der Waals surface area (Å²) in [6.07, 6.45) is 2.25. The molecule has 136 valence electrons. The predicted molar refractivity (Wildman–Crippen MR) is 98.1 cm³/mol. The number of rotatable bonds is 5. The van der Waals surface area contributed by atoms with Crippen LogP contribution in [0.3, 0.4) is 0 Å². The molecule has 1 heterocycles. The Kier molecular flexibility index (Phi) is 7.70. The highest BCUT2D eigenvalue weighted by Gasteiger charge is 2.28. The molecular weight excluding hydrogens is 348 g/mol. The maximum atomic E-state index is 12.5. The molecule has 1 amide bonds. The van der Waals surface area contributed by atoms with E-state index >= 15 is 0 Å². The Hall–Kier alpha value is -1.11. The van der Waals surface area contributed by atoms with Crippen LogP contribution in [0.15, 0.2) is 29.2 Å². The molecule has 0 saturated carbocycles. The van der Waals surface area contributed by atoms with Gasteiger partial charge >= 0.3 is 0 Å². The largest absolute Gasteiger partial charge is 0.338 e. The lowest BCUT2D eigenvalue weighted by atomic mass is 9.92. The normalized spacial score (nSPS) is 21.2. The van der Waals surface area contributed by atoms with Crippen LogP contribution in [0.25, 0.3) is 0 Å². The molecule has 1 saturated heterocycles. The van der Waals surface area contributed by atoms with Gasteiger partial charge in [0.2, 0.25) is 5.91 Å². The highest BCUT2D eigenvalue weighted by Crippen LogP contribution is 2.23. The molecule has 1 aliphatic heterocycles. The summed E-state index contributed by atoms with van der Waals surface area (Å²) in [5.41, 5.74) is 6.64. The van der Waals surface area contributed by atoms with Crippen molar-refractivity contribution in [2.24, 2.45) is 11.7 Å². The zero-order chi connectivity index (χ0) is 17.0. The van der Waals surface area contributed by atoms with Crippen molar-refractivity contribution in [2.45, 2.75) is 44.0 Å². The lowest BCUT2D eigenvalue weighted by molar-refractivity contribution is -0.134. The third-order valence-electron chi connectivity index (χ3n) is 4.59. The first-order valence-corrected chi connectivity index (χ1v) is 9.83. The summed E-state index contributed by atoms with van der Waals surface area (Å²) in [6, 6.07) is 6.74. The fourth-order valence-corrected chi connectivity index (χ4v) is 3.94. The van der Waals surface area contributed by atoms with E-state index in [0.29, 0.717) is 17.4 Å². The number of piperidine rings is 1. The van der Waals surface area contributed by atoms with Gasteiger partial charge in [0.25, 0.3) is 0 Å². The molecule has 1 aromatic rings. The first-order valence-electron chi connectivity index (χ1n) is 8.18. The Balaban J connectivity index is 0.00000288. The third kappa shape index (κ3) is 4.94. The van der Waals surface area contributed by atoms with Gasteiger partial charge in [-0.05, 0) is 36.5 Å². The van der Waals surface area contributed by atoms with Crippen LogP contribution >= 0.6 is 12.4 Å². The second kappa shape index (κ2) is 8.83. The second-order valence-corrected chi connectivity index (χ2v) is 8.61. The highest BCUT2D eigenvalue weighted by molar-refractivity contribution is 7.91. The van der Waals surface area contributed by atoms with E-state index in [1.165, 1.54) is 0 Å². The molecule has 2 rings (SSSR count). The van der Waals surface area contributed by atoms with Gasteiger partial charge in [-0.2, -0.15) is 0 Å².